The lowest BCUT2D eigenvalue weighted by Gasteiger charge is -2.21. The molecule has 0 bridgehead atoms. The summed E-state index contributed by atoms with van der Waals surface area (Å²) >= 11 is 1.69. The first-order valence-electron chi connectivity index (χ1n) is 10.7. The number of rotatable bonds is 8. The fraction of sp³-hybridized carbons (Fsp3) is 0.360. The summed E-state index contributed by atoms with van der Waals surface area (Å²) in [6, 6.07) is 15.8. The van der Waals surface area contributed by atoms with Gasteiger partial charge in [-0.2, -0.15) is 0 Å². The minimum absolute atomic E-state index is 0.0504. The molecule has 3 N–H and O–H groups in total. The smallest absolute Gasteiger partial charge is 0.251 e. The number of nitrogens with zero attached hydrogens (tertiary/aromatic N) is 2. The summed E-state index contributed by atoms with van der Waals surface area (Å²) in [5.74, 6) is -0.0770. The molecule has 1 aromatic heterocycles. The molecule has 164 valence electrons. The summed E-state index contributed by atoms with van der Waals surface area (Å²) in [5, 5.41) is 6.17. The first-order valence-corrected chi connectivity index (χ1v) is 11.5. The van der Waals surface area contributed by atoms with Crippen LogP contribution in [0.4, 0.5) is 5.13 Å². The Bertz CT molecular complexity index is 1000. The van der Waals surface area contributed by atoms with Gasteiger partial charge in [-0.05, 0) is 35.7 Å². The van der Waals surface area contributed by atoms with Crippen molar-refractivity contribution in [1.29, 1.82) is 0 Å². The Kier molecular flexibility index (Phi) is 7.46. The molecule has 1 amide bonds. The van der Waals surface area contributed by atoms with E-state index in [4.69, 9.17) is 10.7 Å². The van der Waals surface area contributed by atoms with Crippen LogP contribution in [0.25, 0.3) is 0 Å². The molecule has 0 atom stereocenters. The Morgan fingerprint density at radius 2 is 1.81 bits per heavy atom. The van der Waals surface area contributed by atoms with Crippen molar-refractivity contribution in [1.82, 2.24) is 10.3 Å². The van der Waals surface area contributed by atoms with Gasteiger partial charge in [0.05, 0.1) is 5.69 Å². The molecule has 5 nitrogen and oxygen atoms in total. The van der Waals surface area contributed by atoms with Gasteiger partial charge in [-0.15, -0.1) is 11.3 Å². The number of hydrogen-bond acceptors (Lipinski definition) is 5. The zero-order chi connectivity index (χ0) is 22.4. The van der Waals surface area contributed by atoms with E-state index in [9.17, 15) is 4.79 Å². The first kappa shape index (κ1) is 23.0. The van der Waals surface area contributed by atoms with Crippen molar-refractivity contribution in [2.24, 2.45) is 5.73 Å². The summed E-state index contributed by atoms with van der Waals surface area (Å²) in [6.07, 6.45) is 0. The van der Waals surface area contributed by atoms with E-state index >= 15 is 0 Å². The molecule has 2 aromatic carbocycles. The SMILES string of the molecule is CCN(Cc1ccc(C(=O)NCc2cccc(CN)c2)cc1)c1nc(C(C)(C)C)cs1. The number of nitrogens with two attached hydrogens (primary N) is 1. The van der Waals surface area contributed by atoms with Gasteiger partial charge in [0.25, 0.3) is 5.91 Å². The Hall–Kier alpha value is -2.70. The molecule has 3 rings (SSSR count). The molecular formula is C25H32N4OS. The molecule has 1 heterocycles. The second-order valence-corrected chi connectivity index (χ2v) is 9.52. The van der Waals surface area contributed by atoms with E-state index in [1.54, 1.807) is 11.3 Å². The Balaban J connectivity index is 1.60. The van der Waals surface area contributed by atoms with Crippen LogP contribution in [-0.2, 0) is 25.0 Å². The second kappa shape index (κ2) is 10.1. The highest BCUT2D eigenvalue weighted by atomic mass is 32.1. The third-order valence-electron chi connectivity index (χ3n) is 5.18. The lowest BCUT2D eigenvalue weighted by Crippen LogP contribution is -2.24. The fourth-order valence-corrected chi connectivity index (χ4v) is 4.32. The molecule has 0 radical (unpaired) electrons. The van der Waals surface area contributed by atoms with E-state index in [1.807, 2.05) is 48.5 Å². The first-order chi connectivity index (χ1) is 14.8. The third-order valence-corrected chi connectivity index (χ3v) is 6.08. The molecular weight excluding hydrogens is 404 g/mol. The zero-order valence-corrected chi connectivity index (χ0v) is 19.6. The van der Waals surface area contributed by atoms with Crippen LogP contribution in [0.15, 0.2) is 53.9 Å². The van der Waals surface area contributed by atoms with Gasteiger partial charge >= 0.3 is 0 Å². The minimum Gasteiger partial charge on any atom is -0.348 e. The topological polar surface area (TPSA) is 71.2 Å². The van der Waals surface area contributed by atoms with Gasteiger partial charge in [-0.1, -0.05) is 57.2 Å². The second-order valence-electron chi connectivity index (χ2n) is 8.68. The Labute approximate surface area is 189 Å². The molecule has 0 aliphatic carbocycles. The highest BCUT2D eigenvalue weighted by Crippen LogP contribution is 2.29. The number of nitrogens with one attached hydrogen (secondary N) is 1. The molecule has 0 fully saturated rings. The molecule has 0 aliphatic rings. The maximum Gasteiger partial charge on any atom is 0.251 e. The quantitative estimate of drug-likeness (QED) is 0.529. The fourth-order valence-electron chi connectivity index (χ4n) is 3.20. The van der Waals surface area contributed by atoms with Gasteiger partial charge in [0.2, 0.25) is 0 Å². The molecule has 0 unspecified atom stereocenters. The van der Waals surface area contributed by atoms with Crippen LogP contribution in [0.3, 0.4) is 0 Å². The van der Waals surface area contributed by atoms with Crippen molar-refractivity contribution in [2.45, 2.75) is 52.7 Å². The molecule has 0 aliphatic heterocycles. The number of anilines is 1. The monoisotopic (exact) mass is 436 g/mol. The largest absolute Gasteiger partial charge is 0.348 e. The Morgan fingerprint density at radius 3 is 2.42 bits per heavy atom. The van der Waals surface area contributed by atoms with Crippen molar-refractivity contribution in [3.63, 3.8) is 0 Å². The van der Waals surface area contributed by atoms with Crippen LogP contribution in [0.5, 0.6) is 0 Å². The molecule has 6 heteroatoms. The maximum atomic E-state index is 12.5. The number of carbonyl (C=O) groups is 1. The highest BCUT2D eigenvalue weighted by Gasteiger charge is 2.19. The number of thiazole rings is 1. The van der Waals surface area contributed by atoms with Gasteiger partial charge in [-0.25, -0.2) is 4.98 Å². The number of benzene rings is 2. The average Bonchev–Trinajstić information content (AvgIpc) is 3.27. The maximum absolute atomic E-state index is 12.5. The van der Waals surface area contributed by atoms with Crippen LogP contribution in [-0.4, -0.2) is 17.4 Å². The van der Waals surface area contributed by atoms with Crippen molar-refractivity contribution >= 4 is 22.4 Å². The van der Waals surface area contributed by atoms with Crippen molar-refractivity contribution in [2.75, 3.05) is 11.4 Å². The number of amides is 1. The summed E-state index contributed by atoms with van der Waals surface area (Å²) in [5.41, 5.74) is 10.8. The van der Waals surface area contributed by atoms with Crippen LogP contribution in [0.1, 0.15) is 60.4 Å². The molecule has 3 aromatic rings. The zero-order valence-electron chi connectivity index (χ0n) is 18.8. The summed E-state index contributed by atoms with van der Waals surface area (Å²) in [6.45, 7) is 11.3. The summed E-state index contributed by atoms with van der Waals surface area (Å²) in [4.78, 5) is 19.6. The number of hydrogen-bond donors (Lipinski definition) is 2. The lowest BCUT2D eigenvalue weighted by molar-refractivity contribution is 0.0951. The average molecular weight is 437 g/mol. The van der Waals surface area contributed by atoms with E-state index in [0.29, 0.717) is 18.7 Å². The van der Waals surface area contributed by atoms with E-state index in [1.165, 1.54) is 0 Å². The standard InChI is InChI=1S/C25H32N4OS/c1-5-29(24-28-22(17-31-24)25(2,3)4)16-18-9-11-21(12-10-18)23(30)27-15-20-8-6-7-19(13-20)14-26/h6-13,17H,5,14-16,26H2,1-4H3,(H,27,30). The Morgan fingerprint density at radius 1 is 1.10 bits per heavy atom. The highest BCUT2D eigenvalue weighted by molar-refractivity contribution is 7.13. The van der Waals surface area contributed by atoms with Crippen LogP contribution in [0.2, 0.25) is 0 Å². The van der Waals surface area contributed by atoms with Crippen LogP contribution in [0, 0.1) is 0 Å². The van der Waals surface area contributed by atoms with E-state index in [-0.39, 0.29) is 11.3 Å². The van der Waals surface area contributed by atoms with Gasteiger partial charge in [0, 0.05) is 42.5 Å². The van der Waals surface area contributed by atoms with Gasteiger partial charge in [0.1, 0.15) is 0 Å². The van der Waals surface area contributed by atoms with E-state index < -0.39 is 0 Å². The van der Waals surface area contributed by atoms with Gasteiger partial charge in [-0.3, -0.25) is 4.79 Å². The predicted molar refractivity (Wildman–Crippen MR) is 129 cm³/mol. The van der Waals surface area contributed by atoms with Crippen molar-refractivity contribution in [3.8, 4) is 0 Å². The third kappa shape index (κ3) is 6.15. The molecule has 0 saturated heterocycles. The summed E-state index contributed by atoms with van der Waals surface area (Å²) in [7, 11) is 0. The van der Waals surface area contributed by atoms with Gasteiger partial charge < -0.3 is 16.0 Å². The van der Waals surface area contributed by atoms with E-state index in [0.717, 1.165) is 40.6 Å². The van der Waals surface area contributed by atoms with Crippen molar-refractivity contribution in [3.05, 3.63) is 81.9 Å². The predicted octanol–water partition coefficient (Wildman–Crippen LogP) is 4.86. The van der Waals surface area contributed by atoms with Gasteiger partial charge in [0.15, 0.2) is 5.13 Å². The van der Waals surface area contributed by atoms with Crippen LogP contribution < -0.4 is 16.0 Å². The summed E-state index contributed by atoms with van der Waals surface area (Å²) < 4.78 is 0. The van der Waals surface area contributed by atoms with E-state index in [2.05, 4.69) is 43.3 Å². The molecule has 0 saturated carbocycles. The number of aromatic nitrogens is 1. The minimum atomic E-state index is -0.0770. The lowest BCUT2D eigenvalue weighted by atomic mass is 9.93. The number of carbonyl (C=O) groups excluding carboxylic acids is 1. The normalized spacial score (nSPS) is 11.4. The molecule has 31 heavy (non-hydrogen) atoms. The van der Waals surface area contributed by atoms with Crippen LogP contribution >= 0.6 is 11.3 Å². The molecule has 0 spiro atoms. The van der Waals surface area contributed by atoms with Crippen molar-refractivity contribution < 1.29 is 4.79 Å².